The van der Waals surface area contributed by atoms with E-state index >= 15 is 0 Å². The molecule has 0 unspecified atom stereocenters. The molecule has 5 nitrogen and oxygen atoms in total. The maximum atomic E-state index is 6.11. The second kappa shape index (κ2) is 5.24. The number of nitrogens with zero attached hydrogens (tertiary/aromatic N) is 3. The van der Waals surface area contributed by atoms with Gasteiger partial charge in [-0.1, -0.05) is 12.1 Å². The van der Waals surface area contributed by atoms with Crippen molar-refractivity contribution in [3.8, 4) is 0 Å². The molecule has 2 aliphatic rings. The third-order valence-electron chi connectivity index (χ3n) is 4.47. The lowest BCUT2D eigenvalue weighted by atomic mass is 9.92. The quantitative estimate of drug-likeness (QED) is 0.802. The summed E-state index contributed by atoms with van der Waals surface area (Å²) in [7, 11) is 0. The van der Waals surface area contributed by atoms with Gasteiger partial charge in [-0.3, -0.25) is 0 Å². The number of anilines is 1. The number of rotatable bonds is 1. The van der Waals surface area contributed by atoms with Gasteiger partial charge in [-0.15, -0.1) is 0 Å². The largest absolute Gasteiger partial charge is 0.381 e. The van der Waals surface area contributed by atoms with E-state index in [1.54, 1.807) is 6.33 Å². The predicted molar refractivity (Wildman–Crippen MR) is 80.5 cm³/mol. The maximum absolute atomic E-state index is 6.11. The topological polar surface area (TPSA) is 47.5 Å². The van der Waals surface area contributed by atoms with Crippen LogP contribution in [0.2, 0.25) is 0 Å². The van der Waals surface area contributed by atoms with Crippen LogP contribution in [0.15, 0.2) is 30.6 Å². The number of fused-ring (bicyclic) bond motifs is 1. The van der Waals surface area contributed by atoms with Crippen molar-refractivity contribution in [2.24, 2.45) is 0 Å². The molecule has 0 saturated carbocycles. The van der Waals surface area contributed by atoms with E-state index in [1.165, 1.54) is 0 Å². The summed E-state index contributed by atoms with van der Waals surface area (Å²) < 4.78 is 11.6. The number of hydrogen-bond acceptors (Lipinski definition) is 5. The van der Waals surface area contributed by atoms with Gasteiger partial charge in [0.1, 0.15) is 12.1 Å². The Bertz CT molecular complexity index is 629. The average molecular weight is 285 g/mol. The van der Waals surface area contributed by atoms with Crippen molar-refractivity contribution < 1.29 is 9.47 Å². The number of para-hydroxylation sites is 1. The van der Waals surface area contributed by atoms with Crippen LogP contribution >= 0.6 is 0 Å². The molecular formula is C16H19N3O2. The molecular weight excluding hydrogens is 266 g/mol. The number of benzene rings is 1. The van der Waals surface area contributed by atoms with E-state index in [9.17, 15) is 0 Å². The minimum atomic E-state index is -0.0669. The molecule has 21 heavy (non-hydrogen) atoms. The number of aromatic nitrogens is 2. The Morgan fingerprint density at radius 2 is 1.90 bits per heavy atom. The highest BCUT2D eigenvalue weighted by atomic mass is 16.5. The van der Waals surface area contributed by atoms with Crippen LogP contribution in [-0.4, -0.2) is 48.5 Å². The van der Waals surface area contributed by atoms with Gasteiger partial charge in [-0.25, -0.2) is 9.97 Å². The summed E-state index contributed by atoms with van der Waals surface area (Å²) in [5, 5.41) is 1.11. The lowest BCUT2D eigenvalue weighted by Crippen LogP contribution is -2.54. The molecule has 0 bridgehead atoms. The second-order valence-electron chi connectivity index (χ2n) is 5.78. The van der Waals surface area contributed by atoms with Crippen LogP contribution in [0.3, 0.4) is 0 Å². The molecule has 2 aliphatic heterocycles. The van der Waals surface area contributed by atoms with Gasteiger partial charge in [-0.2, -0.15) is 0 Å². The van der Waals surface area contributed by atoms with E-state index in [0.29, 0.717) is 0 Å². The summed E-state index contributed by atoms with van der Waals surface area (Å²) in [5.74, 6) is 1.02. The number of ether oxygens (including phenoxy) is 2. The maximum Gasteiger partial charge on any atom is 0.140 e. The van der Waals surface area contributed by atoms with Crippen LogP contribution in [0.25, 0.3) is 10.9 Å². The smallest absolute Gasteiger partial charge is 0.140 e. The van der Waals surface area contributed by atoms with E-state index in [2.05, 4.69) is 20.9 Å². The van der Waals surface area contributed by atoms with Crippen molar-refractivity contribution in [1.82, 2.24) is 9.97 Å². The second-order valence-corrected chi connectivity index (χ2v) is 5.78. The lowest BCUT2D eigenvalue weighted by Gasteiger charge is -2.45. The summed E-state index contributed by atoms with van der Waals surface area (Å²) >= 11 is 0. The lowest BCUT2D eigenvalue weighted by molar-refractivity contribution is -0.116. The third-order valence-corrected chi connectivity index (χ3v) is 4.47. The summed E-state index contributed by atoms with van der Waals surface area (Å²) in [6.07, 6.45) is 3.59. The molecule has 0 N–H and O–H groups in total. The van der Waals surface area contributed by atoms with E-state index in [1.807, 2.05) is 18.2 Å². The first-order valence-corrected chi connectivity index (χ1v) is 7.53. The van der Waals surface area contributed by atoms with Crippen LogP contribution in [0.4, 0.5) is 5.82 Å². The van der Waals surface area contributed by atoms with Gasteiger partial charge in [0, 0.05) is 44.5 Å². The summed E-state index contributed by atoms with van der Waals surface area (Å²) in [6.45, 7) is 4.09. The molecule has 3 heterocycles. The predicted octanol–water partition coefficient (Wildman–Crippen LogP) is 2.02. The van der Waals surface area contributed by atoms with E-state index in [0.717, 1.165) is 62.5 Å². The molecule has 2 saturated heterocycles. The zero-order valence-corrected chi connectivity index (χ0v) is 12.0. The molecule has 1 aromatic carbocycles. The van der Waals surface area contributed by atoms with Crippen molar-refractivity contribution in [2.75, 3.05) is 37.8 Å². The van der Waals surface area contributed by atoms with Gasteiger partial charge in [0.25, 0.3) is 0 Å². The van der Waals surface area contributed by atoms with Crippen LogP contribution in [0.5, 0.6) is 0 Å². The third kappa shape index (κ3) is 2.36. The van der Waals surface area contributed by atoms with Crippen LogP contribution in [-0.2, 0) is 9.47 Å². The Hall–Kier alpha value is -1.72. The highest BCUT2D eigenvalue weighted by molar-refractivity contribution is 5.89. The van der Waals surface area contributed by atoms with Crippen molar-refractivity contribution in [3.05, 3.63) is 30.6 Å². The van der Waals surface area contributed by atoms with Crippen LogP contribution < -0.4 is 4.90 Å². The van der Waals surface area contributed by atoms with E-state index in [4.69, 9.17) is 9.47 Å². The fourth-order valence-electron chi connectivity index (χ4n) is 3.31. The highest BCUT2D eigenvalue weighted by Gasteiger charge is 2.39. The molecule has 4 rings (SSSR count). The zero-order valence-electron chi connectivity index (χ0n) is 12.0. The first kappa shape index (κ1) is 13.0. The molecule has 5 heteroatoms. The molecule has 0 atom stereocenters. The molecule has 2 fully saturated rings. The minimum absolute atomic E-state index is 0.0669. The Labute approximate surface area is 123 Å². The number of hydrogen-bond donors (Lipinski definition) is 0. The van der Waals surface area contributed by atoms with E-state index < -0.39 is 0 Å². The summed E-state index contributed by atoms with van der Waals surface area (Å²) in [4.78, 5) is 11.2. The van der Waals surface area contributed by atoms with E-state index in [-0.39, 0.29) is 5.60 Å². The van der Waals surface area contributed by atoms with Crippen molar-refractivity contribution in [3.63, 3.8) is 0 Å². The Kier molecular flexibility index (Phi) is 3.24. The fourth-order valence-corrected chi connectivity index (χ4v) is 3.31. The molecule has 1 spiro atoms. The Balaban J connectivity index is 1.68. The van der Waals surface area contributed by atoms with Gasteiger partial charge in [0.15, 0.2) is 0 Å². The normalized spacial score (nSPS) is 21.8. The average Bonchev–Trinajstić information content (AvgIpc) is 2.55. The number of morpholine rings is 1. The summed E-state index contributed by atoms with van der Waals surface area (Å²) in [5.41, 5.74) is 0.928. The molecule has 2 aromatic rings. The van der Waals surface area contributed by atoms with Crippen LogP contribution in [0, 0.1) is 0 Å². The first-order chi connectivity index (χ1) is 10.4. The summed E-state index contributed by atoms with van der Waals surface area (Å²) in [6, 6.07) is 8.18. The Morgan fingerprint density at radius 3 is 2.81 bits per heavy atom. The van der Waals surface area contributed by atoms with Gasteiger partial charge < -0.3 is 14.4 Å². The molecule has 0 radical (unpaired) electrons. The standard InChI is InChI=1S/C16H19N3O2/c1-2-4-14-13(3-1)15(18-12-17-14)19-7-10-21-16(11-19)5-8-20-9-6-16/h1-4,12H,5-11H2. The molecule has 0 aliphatic carbocycles. The SMILES string of the molecule is c1ccc2c(N3CCOC4(CCOCC4)C3)ncnc2c1. The van der Waals surface area contributed by atoms with Crippen molar-refractivity contribution in [2.45, 2.75) is 18.4 Å². The van der Waals surface area contributed by atoms with Gasteiger partial charge in [-0.05, 0) is 12.1 Å². The van der Waals surface area contributed by atoms with Gasteiger partial charge >= 0.3 is 0 Å². The molecule has 1 aromatic heterocycles. The monoisotopic (exact) mass is 285 g/mol. The fraction of sp³-hybridized carbons (Fsp3) is 0.500. The molecule has 110 valence electrons. The van der Waals surface area contributed by atoms with Gasteiger partial charge in [0.2, 0.25) is 0 Å². The van der Waals surface area contributed by atoms with Crippen molar-refractivity contribution in [1.29, 1.82) is 0 Å². The molecule has 0 amide bonds. The first-order valence-electron chi connectivity index (χ1n) is 7.53. The minimum Gasteiger partial charge on any atom is -0.381 e. The Morgan fingerprint density at radius 1 is 1.05 bits per heavy atom. The van der Waals surface area contributed by atoms with Crippen molar-refractivity contribution >= 4 is 16.7 Å². The zero-order chi connectivity index (χ0) is 14.1. The van der Waals surface area contributed by atoms with Gasteiger partial charge in [0.05, 0.1) is 17.7 Å². The van der Waals surface area contributed by atoms with Crippen LogP contribution in [0.1, 0.15) is 12.8 Å². The highest BCUT2D eigenvalue weighted by Crippen LogP contribution is 2.32.